The van der Waals surface area contributed by atoms with Gasteiger partial charge < -0.3 is 18.6 Å². The van der Waals surface area contributed by atoms with E-state index in [0.29, 0.717) is 6.54 Å². The van der Waals surface area contributed by atoms with Gasteiger partial charge in [0.05, 0.1) is 22.4 Å². The lowest BCUT2D eigenvalue weighted by Gasteiger charge is -2.32. The van der Waals surface area contributed by atoms with Crippen molar-refractivity contribution in [3.05, 3.63) is 35.4 Å². The third-order valence-electron chi connectivity index (χ3n) is 6.64. The fourth-order valence-electron chi connectivity index (χ4n) is 3.13. The first-order valence-corrected chi connectivity index (χ1v) is 9.77. The number of benzene rings is 1. The highest BCUT2D eigenvalue weighted by molar-refractivity contribution is 6.60. The van der Waals surface area contributed by atoms with Crippen LogP contribution >= 0.6 is 0 Å². The molecule has 148 valence electrons. The van der Waals surface area contributed by atoms with Gasteiger partial charge in [-0.2, -0.15) is 0 Å². The number of nitrogens with zero attached hydrogens (tertiary/aromatic N) is 1. The molecule has 5 nitrogen and oxygen atoms in total. The third-order valence-corrected chi connectivity index (χ3v) is 6.64. The van der Waals surface area contributed by atoms with E-state index in [-0.39, 0.29) is 0 Å². The summed E-state index contributed by atoms with van der Waals surface area (Å²) in [5.41, 5.74) is 0.713. The molecule has 1 aromatic carbocycles. The van der Waals surface area contributed by atoms with E-state index in [1.165, 1.54) is 11.1 Å². The lowest BCUT2D eigenvalue weighted by Crippen LogP contribution is -2.52. The van der Waals surface area contributed by atoms with Crippen LogP contribution in [0.15, 0.2) is 24.3 Å². The van der Waals surface area contributed by atoms with Crippen LogP contribution in [-0.4, -0.2) is 41.6 Å². The third kappa shape index (κ3) is 3.73. The second-order valence-electron chi connectivity index (χ2n) is 9.73. The fourth-order valence-corrected chi connectivity index (χ4v) is 3.13. The predicted octanol–water partition coefficient (Wildman–Crippen LogP) is 3.97. The summed E-state index contributed by atoms with van der Waals surface area (Å²) < 4.78 is 27.4. The van der Waals surface area contributed by atoms with Gasteiger partial charge in [0, 0.05) is 6.54 Å². The van der Waals surface area contributed by atoms with Crippen molar-refractivity contribution >= 4 is 14.5 Å². The van der Waals surface area contributed by atoms with Crippen molar-refractivity contribution in [2.45, 2.75) is 91.3 Å². The van der Waals surface area contributed by atoms with E-state index >= 15 is 0 Å². The van der Waals surface area contributed by atoms with Crippen LogP contribution in [0.3, 0.4) is 0 Å². The van der Waals surface area contributed by atoms with E-state index in [0.717, 1.165) is 0 Å². The summed E-state index contributed by atoms with van der Waals surface area (Å²) in [5, 5.41) is 0. The lowest BCUT2D eigenvalue weighted by atomic mass is 9.87. The molecule has 0 amide bonds. The number of hydrogen-bond acceptors (Lipinski definition) is 5. The van der Waals surface area contributed by atoms with Crippen LogP contribution in [0.25, 0.3) is 0 Å². The first kappa shape index (κ1) is 20.9. The number of hydrogen-bond donors (Lipinski definition) is 0. The monoisotopic (exact) mass is 373 g/mol. The van der Waals surface area contributed by atoms with Gasteiger partial charge in [0.1, 0.15) is 0 Å². The standard InChI is InChI=1S/C20H33B2NO4/c1-15-12-10-11-13-16(15)14-23(21-24-17(2,3)18(4,5)25-21)22-26-19(6,7)20(8,9)27-22/h10-13H,14H2,1-9H3. The Morgan fingerprint density at radius 2 is 1.07 bits per heavy atom. The van der Waals surface area contributed by atoms with E-state index in [1.807, 2.05) is 10.8 Å². The van der Waals surface area contributed by atoms with Gasteiger partial charge >= 0.3 is 14.5 Å². The van der Waals surface area contributed by atoms with Gasteiger partial charge in [0.2, 0.25) is 0 Å². The van der Waals surface area contributed by atoms with Crippen molar-refractivity contribution in [2.75, 3.05) is 0 Å². The van der Waals surface area contributed by atoms with E-state index in [9.17, 15) is 0 Å². The minimum atomic E-state index is -0.552. The maximum atomic E-state index is 6.33. The fraction of sp³-hybridized carbons (Fsp3) is 0.700. The Balaban J connectivity index is 1.92. The maximum absolute atomic E-state index is 6.33. The molecule has 3 rings (SSSR count). The molecule has 2 saturated heterocycles. The van der Waals surface area contributed by atoms with Gasteiger partial charge in [-0.15, -0.1) is 0 Å². The molecule has 2 aliphatic heterocycles. The molecule has 27 heavy (non-hydrogen) atoms. The van der Waals surface area contributed by atoms with Crippen molar-refractivity contribution in [3.63, 3.8) is 0 Å². The second kappa shape index (κ2) is 6.60. The SMILES string of the molecule is Cc1ccccc1CN(B1OC(C)(C)C(C)(C)O1)B1OC(C)(C)C(C)(C)O1. The zero-order valence-electron chi connectivity index (χ0n) is 18.3. The largest absolute Gasteiger partial charge is 0.551 e. The summed E-state index contributed by atoms with van der Waals surface area (Å²) >= 11 is 0. The molecular weight excluding hydrogens is 340 g/mol. The Morgan fingerprint density at radius 3 is 1.44 bits per heavy atom. The molecule has 2 aliphatic rings. The van der Waals surface area contributed by atoms with Crippen LogP contribution in [0.1, 0.15) is 66.5 Å². The van der Waals surface area contributed by atoms with E-state index < -0.39 is 36.9 Å². The molecule has 0 saturated carbocycles. The summed E-state index contributed by atoms with van der Waals surface area (Å²) in [7, 11) is -1.10. The molecule has 1 aromatic rings. The highest BCUT2D eigenvalue weighted by Gasteiger charge is 2.61. The molecule has 0 spiro atoms. The summed E-state index contributed by atoms with van der Waals surface area (Å²) in [4.78, 5) is 0. The average molecular weight is 373 g/mol. The lowest BCUT2D eigenvalue weighted by molar-refractivity contribution is 0.00578. The number of rotatable bonds is 4. The van der Waals surface area contributed by atoms with Crippen molar-refractivity contribution in [3.8, 4) is 0 Å². The molecule has 0 radical (unpaired) electrons. The van der Waals surface area contributed by atoms with Gasteiger partial charge in [-0.25, -0.2) is 0 Å². The molecule has 2 heterocycles. The second-order valence-corrected chi connectivity index (χ2v) is 9.73. The predicted molar refractivity (Wildman–Crippen MR) is 109 cm³/mol. The van der Waals surface area contributed by atoms with Crippen LogP contribution < -0.4 is 0 Å². The zero-order chi connectivity index (χ0) is 20.3. The Morgan fingerprint density at radius 1 is 0.704 bits per heavy atom. The molecule has 0 bridgehead atoms. The van der Waals surface area contributed by atoms with Crippen LogP contribution in [0.2, 0.25) is 0 Å². The summed E-state index contributed by atoms with van der Waals surface area (Å²) in [6, 6.07) is 8.34. The normalized spacial score (nSPS) is 25.4. The summed E-state index contributed by atoms with van der Waals surface area (Å²) in [6.45, 7) is 19.2. The van der Waals surface area contributed by atoms with E-state index in [4.69, 9.17) is 18.6 Å². The van der Waals surface area contributed by atoms with Gasteiger partial charge in [-0.3, -0.25) is 4.72 Å². The van der Waals surface area contributed by atoms with Gasteiger partial charge in [-0.1, -0.05) is 24.3 Å². The topological polar surface area (TPSA) is 40.2 Å². The Hall–Kier alpha value is -0.850. The Kier molecular flexibility index (Phi) is 5.10. The quantitative estimate of drug-likeness (QED) is 0.747. The van der Waals surface area contributed by atoms with Crippen LogP contribution in [0.4, 0.5) is 0 Å². The Bertz CT molecular complexity index is 637. The molecule has 2 fully saturated rings. The molecule has 0 atom stereocenters. The first-order chi connectivity index (χ1) is 12.3. The molecule has 0 aliphatic carbocycles. The van der Waals surface area contributed by atoms with Crippen LogP contribution in [0, 0.1) is 6.92 Å². The smallest absolute Gasteiger partial charge is 0.390 e. The van der Waals surface area contributed by atoms with Crippen molar-refractivity contribution < 1.29 is 18.6 Å². The maximum Gasteiger partial charge on any atom is 0.551 e. The summed E-state index contributed by atoms with van der Waals surface area (Å²) in [5.74, 6) is 0. The van der Waals surface area contributed by atoms with Gasteiger partial charge in [0.25, 0.3) is 0 Å². The minimum Gasteiger partial charge on any atom is -0.390 e. The highest BCUT2D eigenvalue weighted by Crippen LogP contribution is 2.42. The van der Waals surface area contributed by atoms with Crippen LogP contribution in [0.5, 0.6) is 0 Å². The summed E-state index contributed by atoms with van der Waals surface area (Å²) in [6.07, 6.45) is 0. The first-order valence-electron chi connectivity index (χ1n) is 9.77. The molecular formula is C20H33B2NO4. The van der Waals surface area contributed by atoms with E-state index in [1.54, 1.807) is 0 Å². The molecule has 7 heteroatoms. The molecule has 0 N–H and O–H groups in total. The van der Waals surface area contributed by atoms with Crippen molar-refractivity contribution in [1.82, 2.24) is 4.72 Å². The average Bonchev–Trinajstić information content (AvgIpc) is 2.85. The molecule has 0 aromatic heterocycles. The van der Waals surface area contributed by atoms with Gasteiger partial charge in [0.15, 0.2) is 0 Å². The van der Waals surface area contributed by atoms with Gasteiger partial charge in [-0.05, 0) is 73.4 Å². The molecule has 0 unspecified atom stereocenters. The van der Waals surface area contributed by atoms with E-state index in [2.05, 4.69) is 80.5 Å². The minimum absolute atomic E-state index is 0.425. The number of aryl methyl sites for hydroxylation is 1. The Labute approximate surface area is 165 Å². The van der Waals surface area contributed by atoms with Crippen molar-refractivity contribution in [1.29, 1.82) is 0 Å². The van der Waals surface area contributed by atoms with Crippen molar-refractivity contribution in [2.24, 2.45) is 0 Å². The zero-order valence-corrected chi connectivity index (χ0v) is 18.3. The highest BCUT2D eigenvalue weighted by atomic mass is 16.7. The van der Waals surface area contributed by atoms with Crippen LogP contribution in [-0.2, 0) is 25.2 Å².